The number of nitro benzene ring substituents is 2. The summed E-state index contributed by atoms with van der Waals surface area (Å²) in [6, 6.07) is 48.6. The number of amides is 2. The number of hydrazine groups is 1. The van der Waals surface area contributed by atoms with Gasteiger partial charge in [0, 0.05) is 161 Å². The van der Waals surface area contributed by atoms with Crippen LogP contribution in [0.25, 0.3) is 17.1 Å². The first-order valence-electron chi connectivity index (χ1n) is 42.8. The third-order valence-electron chi connectivity index (χ3n) is 21.1. The Bertz CT molecular complexity index is 5430. The first-order valence-corrected chi connectivity index (χ1v) is 59.9. The Kier molecular flexibility index (Phi) is 48.8. The molecule has 4 aliphatic rings. The van der Waals surface area contributed by atoms with E-state index in [1.54, 1.807) is 52.5 Å². The molecule has 0 saturated carbocycles. The second kappa shape index (κ2) is 57.9. The molecule has 0 spiro atoms. The van der Waals surface area contributed by atoms with Crippen molar-refractivity contribution in [2.45, 2.75) is 118 Å². The molecule has 2 amide bonds. The Morgan fingerprint density at radius 1 is 0.481 bits per heavy atom. The number of nitrogens with one attached hydrogen (secondary N) is 2. The average molecular weight is 2230 g/mol. The van der Waals surface area contributed by atoms with Gasteiger partial charge in [-0.15, -0.1) is 10.2 Å². The topological polar surface area (TPSA) is 497 Å². The van der Waals surface area contributed by atoms with Crippen molar-refractivity contribution in [1.29, 1.82) is 0 Å². The van der Waals surface area contributed by atoms with E-state index in [0.717, 1.165) is 182 Å². The van der Waals surface area contributed by atoms with Gasteiger partial charge in [-0.3, -0.25) is 49.8 Å². The number of halogens is 3. The normalized spacial score (nSPS) is 14.0. The van der Waals surface area contributed by atoms with Crippen molar-refractivity contribution < 1.29 is 95.6 Å². The summed E-state index contributed by atoms with van der Waals surface area (Å²) in [5, 5.41) is 104. The number of nitrogens with zero attached hydrogens (tertiary/aromatic N) is 9. The zero-order valence-corrected chi connectivity index (χ0v) is 87.8. The van der Waals surface area contributed by atoms with Crippen LogP contribution in [0.4, 0.5) is 39.2 Å². The third-order valence-corrected chi connectivity index (χ3v) is 24.5. The Morgan fingerprint density at radius 3 is 1.15 bits per heavy atom. The number of carbonyl (C=O) groups is 1. The van der Waals surface area contributed by atoms with E-state index in [2.05, 4.69) is 99.0 Å². The van der Waals surface area contributed by atoms with Crippen LogP contribution in [0.5, 0.6) is 40.2 Å². The van der Waals surface area contributed by atoms with E-state index in [9.17, 15) is 65.0 Å². The van der Waals surface area contributed by atoms with Crippen molar-refractivity contribution in [3.63, 3.8) is 0 Å². The number of nitrogen functional groups attached to an aromatic ring is 3. The van der Waals surface area contributed by atoms with Gasteiger partial charge in [0.05, 0.1) is 79.5 Å². The number of hydrogen-bond acceptors (Lipinski definition) is 30. The number of carbonyl (C=O) groups excluding carboxylic acids is 1. The molecule has 10 aromatic rings. The van der Waals surface area contributed by atoms with Crippen molar-refractivity contribution in [1.82, 2.24) is 39.8 Å². The van der Waals surface area contributed by atoms with Crippen LogP contribution in [-0.4, -0.2) is 209 Å². The monoisotopic (exact) mass is 2220 g/mol. The van der Waals surface area contributed by atoms with Gasteiger partial charge >= 0.3 is 44.6 Å². The summed E-state index contributed by atoms with van der Waals surface area (Å²) in [5.74, 6) is 4.86. The fraction of sp³-hybridized carbons (Fsp3) is 0.362. The number of hydrogen-bond donors (Lipinski definition) is 14. The van der Waals surface area contributed by atoms with E-state index in [4.69, 9.17) is 89.3 Å². The number of aromatic hydroxyl groups is 7. The van der Waals surface area contributed by atoms with Crippen molar-refractivity contribution >= 4 is 134 Å². The van der Waals surface area contributed by atoms with Crippen molar-refractivity contribution in [2.24, 2.45) is 11.6 Å². The summed E-state index contributed by atoms with van der Waals surface area (Å²) >= 11 is 18.2. The van der Waals surface area contributed by atoms with E-state index in [0.29, 0.717) is 33.2 Å². The number of ether oxygens (including phenoxy) is 4. The van der Waals surface area contributed by atoms with Gasteiger partial charge < -0.3 is 82.9 Å². The van der Waals surface area contributed by atoms with E-state index in [-0.39, 0.29) is 113 Å². The molecule has 0 bridgehead atoms. The Balaban J connectivity index is 0.000000251. The molecule has 9 aromatic carbocycles. The number of nitrogens with two attached hydrogens (primary N) is 5. The Morgan fingerprint density at radius 2 is 0.793 bits per heavy atom. The van der Waals surface area contributed by atoms with Crippen molar-refractivity contribution in [3.05, 3.63) is 257 Å². The maximum atomic E-state index is 13.0. The van der Waals surface area contributed by atoms with Crippen LogP contribution in [0, 0.1) is 20.2 Å². The standard InChI is InChI=1S/C22H27N5O3.C21H26N2O3S.C20H23NO4S3.C11H14N2O3.C11H16N2O.C7H6BrNO2.CH5N3O.CH4.2ClH.Hg/c1-14(2)17-11-18(20(29)12-19(17)28)21-24-25-22(23)27(21)16-5-3-15(4-6-16)13-26-7-9-30-10-8-26;1-14(2)17-11-18(20(25)12-19(17)24)21(27)22-16-5-3-15(4-6-16)13-23-7-9-26-10-8-23;1-9(2)11-5-13(16(22)7-15(11)21)19(26)28(25)20(27)14-6-12(10(3)4)17(23)8-18(14)24;14-13(15)11-3-1-10(2-4-11)9-12-5-7-16-8-6-12;12-11-3-1-10(2-4-11)9-13-5-7-14-8-6-13;8-5-6-1-3-7(4-2-6)9(10)11;2-1(5)4-3;;;;/h3-6,11-12,14,28-29H,7-10,13H2,1-2H3,(H2,23,25);3-6,11-12,14,24-25H,7-10,13H2,1-2H3,(H,22,27);5-10,22-24H,21H2,1-4H3;1-4H,5-9H2;1-4H,5-9,12H2;1-4H,5H2;3H2,(H3,2,4,5);1H4;2*1H;/q;;;;;;;;;;+2/p-2. The number of thiocarbonyl (C=S) groups is 3. The van der Waals surface area contributed by atoms with E-state index >= 15 is 0 Å². The zero-order chi connectivity index (χ0) is 98.4. The molecule has 1 unspecified atom stereocenters. The summed E-state index contributed by atoms with van der Waals surface area (Å²) in [4.78, 5) is 39.1. The zero-order valence-electron chi connectivity index (χ0n) is 75.9. The van der Waals surface area contributed by atoms with Crippen LogP contribution in [0.3, 0.4) is 0 Å². The summed E-state index contributed by atoms with van der Waals surface area (Å²) in [6.45, 7) is 33.3. The van der Waals surface area contributed by atoms with Crippen LogP contribution >= 0.6 is 69.1 Å². The molecule has 135 heavy (non-hydrogen) atoms. The molecule has 4 aliphatic heterocycles. The number of non-ortho nitro benzene ring substituents is 2. The minimum absolute atomic E-state index is 0. The Hall–Kier alpha value is -9.95. The summed E-state index contributed by atoms with van der Waals surface area (Å²) in [6.07, 6.45) is 0. The number of phenols is 7. The van der Waals surface area contributed by atoms with E-state index in [1.165, 1.54) is 59.2 Å². The second-order valence-electron chi connectivity index (χ2n) is 32.2. The number of anilines is 4. The van der Waals surface area contributed by atoms with Crippen LogP contribution in [0.1, 0.15) is 153 Å². The molecular formula is C94H121BrCl2HgN16O17S4. The van der Waals surface area contributed by atoms with Gasteiger partial charge in [0.2, 0.25) is 5.95 Å². The quantitative estimate of drug-likeness (QED) is 0.00464. The molecule has 41 heteroatoms. The third kappa shape index (κ3) is 36.5. The molecule has 4 fully saturated rings. The van der Waals surface area contributed by atoms with Gasteiger partial charge in [0.1, 0.15) is 64.4 Å². The maximum absolute atomic E-state index is 13.0. The SMILES string of the molecule is C.CC(C)c1cc(-c2nnc(N)n2-c2ccc(CN3CCOCC3)cc2)c(O)cc1O.CC(C)c1cc(C(=S)Nc2ccc(CN3CCOCC3)cc2)c(O)cc1O.CC(C)c1cc(C(=S)S(=O)C(=S)c2cc(C(C)C)c(O)cc2O)c(O)cc1N.NNC(N)=O.Nc1ccc(CN2CCOCC2)cc1.O=[N+]([O-])c1ccc(CBr)cc1.O=[N+]([O-])c1ccc(CN2CCOCC2)cc1.[Cl][Hg][Cl]. The molecule has 1 aromatic heterocycles. The van der Waals surface area contributed by atoms with Gasteiger partial charge in [-0.25, -0.2) is 14.8 Å². The molecule has 0 radical (unpaired) electrons. The average Bonchev–Trinajstić information content (AvgIpc) is 1.66. The van der Waals surface area contributed by atoms with Crippen LogP contribution < -0.4 is 39.5 Å². The summed E-state index contributed by atoms with van der Waals surface area (Å²) < 4.78 is 35.9. The van der Waals surface area contributed by atoms with Gasteiger partial charge in [0.15, 0.2) is 5.82 Å². The fourth-order valence-electron chi connectivity index (χ4n) is 13.8. The molecule has 33 nitrogen and oxygen atoms in total. The molecule has 19 N–H and O–H groups in total. The number of alkyl halides is 1. The minimum atomic E-state index is -1.97. The fourth-order valence-corrected chi connectivity index (χ4v) is 16.3. The number of urea groups is 1. The Labute approximate surface area is 833 Å². The second-order valence-corrected chi connectivity index (χ2v) is 43.7. The summed E-state index contributed by atoms with van der Waals surface area (Å²) in [5.41, 5.74) is 37.0. The van der Waals surface area contributed by atoms with E-state index in [1.807, 2.05) is 104 Å². The predicted molar refractivity (Wildman–Crippen MR) is 546 cm³/mol. The first-order chi connectivity index (χ1) is 63.8. The van der Waals surface area contributed by atoms with Gasteiger partial charge in [-0.1, -0.05) is 176 Å². The van der Waals surface area contributed by atoms with E-state index < -0.39 is 43.9 Å². The first kappa shape index (κ1) is 114. The van der Waals surface area contributed by atoms with Crippen molar-refractivity contribution in [2.75, 3.05) is 128 Å². The molecule has 726 valence electrons. The molecule has 1 atom stereocenters. The number of nitro groups is 2. The molecule has 0 aliphatic carbocycles. The van der Waals surface area contributed by atoms with Gasteiger partial charge in [-0.05, 0) is 134 Å². The van der Waals surface area contributed by atoms with Crippen LogP contribution in [0.2, 0.25) is 0 Å². The van der Waals surface area contributed by atoms with Crippen LogP contribution in [0.15, 0.2) is 170 Å². The molecule has 14 rings (SSSR count). The number of benzene rings is 9. The van der Waals surface area contributed by atoms with Gasteiger partial charge in [0.25, 0.3) is 11.4 Å². The predicted octanol–water partition coefficient (Wildman–Crippen LogP) is 16.7. The molecular weight excluding hydrogens is 2100 g/mol. The van der Waals surface area contributed by atoms with Gasteiger partial charge in [-0.2, -0.15) is 0 Å². The van der Waals surface area contributed by atoms with Crippen molar-refractivity contribution in [3.8, 4) is 57.3 Å². The number of morpholine rings is 4. The summed E-state index contributed by atoms with van der Waals surface area (Å²) in [7, 11) is 8.00. The molecule has 5 heterocycles. The number of rotatable bonds is 21. The number of aromatic nitrogens is 3. The number of phenolic OH excluding ortho intramolecular Hbond substituents is 7. The molecule has 4 saturated heterocycles. The van der Waals surface area contributed by atoms with Crippen LogP contribution in [-0.2, 0) is 83.4 Å². The number of primary amides is 1.